The summed E-state index contributed by atoms with van der Waals surface area (Å²) in [6.45, 7) is 1.37. The Morgan fingerprint density at radius 1 is 1.04 bits per heavy atom. The van der Waals surface area contributed by atoms with Gasteiger partial charge in [-0.15, -0.1) is 0 Å². The van der Waals surface area contributed by atoms with Crippen LogP contribution in [0.25, 0.3) is 0 Å². The van der Waals surface area contributed by atoms with Crippen molar-refractivity contribution in [2.45, 2.75) is 6.42 Å². The Morgan fingerprint density at radius 2 is 1.72 bits per heavy atom. The number of amides is 2. The number of hydrogen-bond donors (Lipinski definition) is 2. The summed E-state index contributed by atoms with van der Waals surface area (Å²) in [5, 5.41) is 6.27. The topological polar surface area (TPSA) is 86.9 Å². The molecule has 3 rings (SSSR count). The van der Waals surface area contributed by atoms with E-state index < -0.39 is 0 Å². The number of nitrogens with zero attached hydrogens (tertiary/aromatic N) is 2. The Labute approximate surface area is 145 Å². The molecule has 7 heteroatoms. The minimum Gasteiger partial charge on any atom is -0.469 e. The molecular weight excluding hydrogens is 320 g/mol. The standard InChI is InChI=1S/C18H20N4O3/c1-19-18(20-9-8-13-5-4-12-25-13)21-10-11-22-16(23)14-6-2-3-7-15(14)17(22)24/h2-7,12H,8-11H2,1H3,(H2,19,20,21). The number of rotatable bonds is 6. The van der Waals surface area contributed by atoms with Crippen molar-refractivity contribution in [3.05, 3.63) is 59.5 Å². The number of nitrogens with one attached hydrogen (secondary N) is 2. The third kappa shape index (κ3) is 3.71. The van der Waals surface area contributed by atoms with Gasteiger partial charge in [-0.25, -0.2) is 0 Å². The van der Waals surface area contributed by atoms with Crippen molar-refractivity contribution in [1.29, 1.82) is 0 Å². The molecule has 0 aliphatic carbocycles. The quantitative estimate of drug-likeness (QED) is 0.470. The molecular formula is C18H20N4O3. The molecule has 1 aliphatic rings. The van der Waals surface area contributed by atoms with Crippen molar-refractivity contribution < 1.29 is 14.0 Å². The van der Waals surface area contributed by atoms with E-state index in [0.29, 0.717) is 30.2 Å². The molecule has 130 valence electrons. The lowest BCUT2D eigenvalue weighted by Crippen LogP contribution is -2.43. The molecule has 1 aliphatic heterocycles. The molecule has 0 saturated heterocycles. The highest BCUT2D eigenvalue weighted by molar-refractivity contribution is 6.21. The van der Waals surface area contributed by atoms with Crippen molar-refractivity contribution >= 4 is 17.8 Å². The van der Waals surface area contributed by atoms with E-state index in [1.54, 1.807) is 37.6 Å². The number of carbonyl (C=O) groups excluding carboxylic acids is 2. The zero-order valence-corrected chi connectivity index (χ0v) is 14.0. The van der Waals surface area contributed by atoms with Gasteiger partial charge in [0.1, 0.15) is 5.76 Å². The monoisotopic (exact) mass is 340 g/mol. The molecule has 0 saturated carbocycles. The highest BCUT2D eigenvalue weighted by Gasteiger charge is 2.34. The van der Waals surface area contributed by atoms with Crippen molar-refractivity contribution in [2.24, 2.45) is 4.99 Å². The van der Waals surface area contributed by atoms with Crippen LogP contribution in [0.1, 0.15) is 26.5 Å². The highest BCUT2D eigenvalue weighted by Crippen LogP contribution is 2.21. The van der Waals surface area contributed by atoms with E-state index in [1.165, 1.54) is 4.90 Å². The van der Waals surface area contributed by atoms with Gasteiger partial charge in [0.05, 0.1) is 17.4 Å². The lowest BCUT2D eigenvalue weighted by atomic mass is 10.1. The second-order valence-electron chi connectivity index (χ2n) is 5.56. The van der Waals surface area contributed by atoms with Crippen LogP contribution in [0.2, 0.25) is 0 Å². The Morgan fingerprint density at radius 3 is 2.32 bits per heavy atom. The Hall–Kier alpha value is -3.09. The van der Waals surface area contributed by atoms with Gasteiger partial charge >= 0.3 is 0 Å². The first-order valence-electron chi connectivity index (χ1n) is 8.13. The minimum atomic E-state index is -0.247. The van der Waals surface area contributed by atoms with Crippen molar-refractivity contribution in [2.75, 3.05) is 26.7 Å². The Kier molecular flexibility index (Phi) is 5.13. The van der Waals surface area contributed by atoms with E-state index in [1.807, 2.05) is 12.1 Å². The third-order valence-corrected chi connectivity index (χ3v) is 3.97. The first kappa shape index (κ1) is 16.8. The van der Waals surface area contributed by atoms with Gasteiger partial charge in [0.2, 0.25) is 0 Å². The van der Waals surface area contributed by atoms with E-state index in [4.69, 9.17) is 4.42 Å². The summed E-state index contributed by atoms with van der Waals surface area (Å²) >= 11 is 0. The van der Waals surface area contributed by atoms with Gasteiger partial charge in [0.15, 0.2) is 5.96 Å². The Bertz CT molecular complexity index is 748. The molecule has 1 aromatic carbocycles. The van der Waals surface area contributed by atoms with Crippen molar-refractivity contribution in [3.8, 4) is 0 Å². The second kappa shape index (κ2) is 7.65. The molecule has 2 N–H and O–H groups in total. The summed E-state index contributed by atoms with van der Waals surface area (Å²) < 4.78 is 5.27. The summed E-state index contributed by atoms with van der Waals surface area (Å²) in [4.78, 5) is 29.9. The predicted molar refractivity (Wildman–Crippen MR) is 93.6 cm³/mol. The molecule has 25 heavy (non-hydrogen) atoms. The van der Waals surface area contributed by atoms with E-state index in [-0.39, 0.29) is 18.4 Å². The van der Waals surface area contributed by atoms with Crippen LogP contribution in [0, 0.1) is 0 Å². The molecule has 0 fully saturated rings. The van der Waals surface area contributed by atoms with Crippen molar-refractivity contribution in [3.63, 3.8) is 0 Å². The SMILES string of the molecule is CN=C(NCCc1ccco1)NCCN1C(=O)c2ccccc2C1=O. The fourth-order valence-corrected chi connectivity index (χ4v) is 2.71. The van der Waals surface area contributed by atoms with Crippen LogP contribution in [0.15, 0.2) is 52.1 Å². The maximum absolute atomic E-state index is 12.3. The number of hydrogen-bond acceptors (Lipinski definition) is 4. The molecule has 0 spiro atoms. The average Bonchev–Trinajstić information content (AvgIpc) is 3.23. The summed E-state index contributed by atoms with van der Waals surface area (Å²) in [6, 6.07) is 10.6. The normalized spacial score (nSPS) is 14.0. The van der Waals surface area contributed by atoms with Gasteiger partial charge in [0, 0.05) is 33.1 Å². The summed E-state index contributed by atoms with van der Waals surface area (Å²) in [6.07, 6.45) is 2.39. The van der Waals surface area contributed by atoms with Crippen LogP contribution in [0.3, 0.4) is 0 Å². The van der Waals surface area contributed by atoms with Gasteiger partial charge in [-0.1, -0.05) is 12.1 Å². The first-order chi connectivity index (χ1) is 12.2. The summed E-state index contributed by atoms with van der Waals surface area (Å²) in [7, 11) is 1.67. The fraction of sp³-hybridized carbons (Fsp3) is 0.278. The Balaban J connectivity index is 1.46. The number of carbonyl (C=O) groups is 2. The van der Waals surface area contributed by atoms with Crippen LogP contribution in [0.4, 0.5) is 0 Å². The van der Waals surface area contributed by atoms with Crippen LogP contribution >= 0.6 is 0 Å². The predicted octanol–water partition coefficient (Wildman–Crippen LogP) is 1.28. The van der Waals surface area contributed by atoms with Crippen LogP contribution in [-0.2, 0) is 6.42 Å². The molecule has 0 radical (unpaired) electrons. The molecule has 0 atom stereocenters. The third-order valence-electron chi connectivity index (χ3n) is 3.97. The van der Waals surface area contributed by atoms with Crippen LogP contribution < -0.4 is 10.6 Å². The zero-order chi connectivity index (χ0) is 17.6. The number of imide groups is 1. The number of guanidine groups is 1. The molecule has 2 heterocycles. The van der Waals surface area contributed by atoms with Gasteiger partial charge in [-0.3, -0.25) is 19.5 Å². The number of benzene rings is 1. The molecule has 7 nitrogen and oxygen atoms in total. The maximum atomic E-state index is 12.3. The smallest absolute Gasteiger partial charge is 0.261 e. The van der Waals surface area contributed by atoms with Crippen LogP contribution in [0.5, 0.6) is 0 Å². The summed E-state index contributed by atoms with van der Waals surface area (Å²) in [5.74, 6) is 1.02. The molecule has 1 aromatic heterocycles. The highest BCUT2D eigenvalue weighted by atomic mass is 16.3. The van der Waals surface area contributed by atoms with E-state index in [0.717, 1.165) is 12.2 Å². The molecule has 0 unspecified atom stereocenters. The minimum absolute atomic E-state index is 0.247. The van der Waals surface area contributed by atoms with Crippen molar-refractivity contribution in [1.82, 2.24) is 15.5 Å². The number of fused-ring (bicyclic) bond motifs is 1. The maximum Gasteiger partial charge on any atom is 0.261 e. The lowest BCUT2D eigenvalue weighted by Gasteiger charge is -2.16. The van der Waals surface area contributed by atoms with E-state index in [9.17, 15) is 9.59 Å². The van der Waals surface area contributed by atoms with Gasteiger partial charge in [-0.2, -0.15) is 0 Å². The largest absolute Gasteiger partial charge is 0.469 e. The number of furan rings is 1. The average molecular weight is 340 g/mol. The fourth-order valence-electron chi connectivity index (χ4n) is 2.71. The second-order valence-corrected chi connectivity index (χ2v) is 5.56. The van der Waals surface area contributed by atoms with Gasteiger partial charge in [-0.05, 0) is 24.3 Å². The molecule has 0 bridgehead atoms. The van der Waals surface area contributed by atoms with E-state index >= 15 is 0 Å². The molecule has 2 amide bonds. The first-order valence-corrected chi connectivity index (χ1v) is 8.13. The number of aliphatic imine (C=N–C) groups is 1. The van der Waals surface area contributed by atoms with E-state index in [2.05, 4.69) is 15.6 Å². The lowest BCUT2D eigenvalue weighted by molar-refractivity contribution is 0.0657. The zero-order valence-electron chi connectivity index (χ0n) is 14.0. The van der Waals surface area contributed by atoms with Crippen LogP contribution in [-0.4, -0.2) is 49.4 Å². The molecule has 2 aromatic rings. The van der Waals surface area contributed by atoms with Gasteiger partial charge in [0.25, 0.3) is 11.8 Å². The summed E-state index contributed by atoms with van der Waals surface area (Å²) in [5.41, 5.74) is 0.932. The van der Waals surface area contributed by atoms with Gasteiger partial charge < -0.3 is 15.1 Å².